The summed E-state index contributed by atoms with van der Waals surface area (Å²) in [6, 6.07) is 23.4. The van der Waals surface area contributed by atoms with E-state index in [0.717, 1.165) is 17.5 Å². The standard InChI is InChI=1S/C37H32N2O5/c1-3-7-31(34(40)23-8-5-4-6-9-23)44-37(43)28-20-30(38-29-17-10-21(2)18-27(28)29)22-13-15-26(16-14-22)39-35(41)32-24-11-12-25(19-24)33(32)36(39)42/h4-6,8-18,20,24-25,31-33H,3,7,19H2,1-2H3. The van der Waals surface area contributed by atoms with Crippen LogP contribution in [0, 0.1) is 30.6 Å². The van der Waals surface area contributed by atoms with Crippen LogP contribution in [-0.2, 0) is 14.3 Å². The highest BCUT2D eigenvalue weighted by Crippen LogP contribution is 2.53. The summed E-state index contributed by atoms with van der Waals surface area (Å²) in [5.41, 5.74) is 4.19. The average Bonchev–Trinajstić information content (AvgIpc) is 3.74. The number of rotatable bonds is 8. The number of aryl methyl sites for hydroxylation is 1. The summed E-state index contributed by atoms with van der Waals surface area (Å²) in [5.74, 6) is -1.30. The first-order valence-corrected chi connectivity index (χ1v) is 15.2. The van der Waals surface area contributed by atoms with Crippen LogP contribution >= 0.6 is 0 Å². The molecule has 3 aliphatic rings. The van der Waals surface area contributed by atoms with Crippen molar-refractivity contribution in [3.05, 3.63) is 108 Å². The number of carbonyl (C=O) groups excluding carboxylic acids is 4. The molecule has 1 aliphatic heterocycles. The van der Waals surface area contributed by atoms with Crippen molar-refractivity contribution in [1.29, 1.82) is 0 Å². The van der Waals surface area contributed by atoms with Crippen molar-refractivity contribution in [1.82, 2.24) is 4.98 Å². The van der Waals surface area contributed by atoms with Crippen LogP contribution in [0.2, 0.25) is 0 Å². The molecule has 4 aromatic rings. The van der Waals surface area contributed by atoms with E-state index in [4.69, 9.17) is 9.72 Å². The lowest BCUT2D eigenvalue weighted by Crippen LogP contribution is -2.32. The maximum absolute atomic E-state index is 13.7. The highest BCUT2D eigenvalue weighted by molar-refractivity contribution is 6.23. The molecule has 2 amide bonds. The van der Waals surface area contributed by atoms with Gasteiger partial charge < -0.3 is 4.74 Å². The van der Waals surface area contributed by atoms with Gasteiger partial charge in [0.1, 0.15) is 0 Å². The first-order chi connectivity index (χ1) is 21.3. The monoisotopic (exact) mass is 584 g/mol. The normalized spacial score (nSPS) is 22.5. The molecule has 220 valence electrons. The molecule has 7 rings (SSSR count). The predicted molar refractivity (Wildman–Crippen MR) is 167 cm³/mol. The summed E-state index contributed by atoms with van der Waals surface area (Å²) in [7, 11) is 0. The minimum Gasteiger partial charge on any atom is -0.450 e. The van der Waals surface area contributed by atoms with Gasteiger partial charge in [0.05, 0.1) is 34.3 Å². The molecule has 2 bridgehead atoms. The first kappa shape index (κ1) is 27.9. The number of benzene rings is 3. The number of aromatic nitrogens is 1. The van der Waals surface area contributed by atoms with Crippen molar-refractivity contribution in [2.24, 2.45) is 23.7 Å². The van der Waals surface area contributed by atoms with Crippen LogP contribution in [0.3, 0.4) is 0 Å². The molecule has 5 unspecified atom stereocenters. The van der Waals surface area contributed by atoms with Crippen LogP contribution in [0.15, 0.2) is 91.0 Å². The molecule has 3 aromatic carbocycles. The van der Waals surface area contributed by atoms with Crippen molar-refractivity contribution in [2.45, 2.75) is 39.2 Å². The molecule has 0 spiro atoms. The van der Waals surface area contributed by atoms with Crippen molar-refractivity contribution in [3.8, 4) is 11.3 Å². The summed E-state index contributed by atoms with van der Waals surface area (Å²) < 4.78 is 5.90. The van der Waals surface area contributed by atoms with Crippen molar-refractivity contribution in [2.75, 3.05) is 4.90 Å². The van der Waals surface area contributed by atoms with E-state index in [1.165, 1.54) is 4.90 Å². The third-order valence-electron chi connectivity index (χ3n) is 9.23. The third kappa shape index (κ3) is 4.64. The number of pyridine rings is 1. The fourth-order valence-electron chi connectivity index (χ4n) is 7.08. The molecule has 7 heteroatoms. The highest BCUT2D eigenvalue weighted by atomic mass is 16.5. The topological polar surface area (TPSA) is 93.6 Å². The van der Waals surface area contributed by atoms with Gasteiger partial charge in [-0.05, 0) is 61.9 Å². The number of nitrogens with zero attached hydrogens (tertiary/aromatic N) is 2. The SMILES string of the molecule is CCCC(OC(=O)c1cc(-c2ccc(N3C(=O)C4C5C=CC(C5)C4C3=O)cc2)nc2ccc(C)cc12)C(=O)c1ccccc1. The number of Topliss-reactive ketones (excluding diaryl/α,β-unsaturated/α-hetero) is 1. The molecule has 0 N–H and O–H groups in total. The van der Waals surface area contributed by atoms with Crippen LogP contribution in [0.5, 0.6) is 0 Å². The zero-order valence-electron chi connectivity index (χ0n) is 24.6. The average molecular weight is 585 g/mol. The largest absolute Gasteiger partial charge is 0.450 e. The smallest absolute Gasteiger partial charge is 0.339 e. The van der Waals surface area contributed by atoms with E-state index in [-0.39, 0.29) is 41.3 Å². The van der Waals surface area contributed by atoms with E-state index in [1.807, 2.05) is 50.2 Å². The number of hydrogen-bond acceptors (Lipinski definition) is 6. The third-order valence-corrected chi connectivity index (χ3v) is 9.23. The summed E-state index contributed by atoms with van der Waals surface area (Å²) >= 11 is 0. The zero-order valence-corrected chi connectivity index (χ0v) is 24.6. The van der Waals surface area contributed by atoms with Gasteiger partial charge in [-0.2, -0.15) is 0 Å². The first-order valence-electron chi connectivity index (χ1n) is 15.2. The lowest BCUT2D eigenvalue weighted by Gasteiger charge is -2.18. The Hall–Kier alpha value is -4.91. The van der Waals surface area contributed by atoms with Gasteiger partial charge in [0.2, 0.25) is 17.6 Å². The number of carbonyl (C=O) groups is 4. The second kappa shape index (κ2) is 11.0. The number of hydrogen-bond donors (Lipinski definition) is 0. The molecule has 2 aliphatic carbocycles. The second-order valence-electron chi connectivity index (χ2n) is 12.0. The molecule has 7 nitrogen and oxygen atoms in total. The fraction of sp³-hybridized carbons (Fsp3) is 0.270. The van der Waals surface area contributed by atoms with Crippen LogP contribution in [0.25, 0.3) is 22.2 Å². The lowest BCUT2D eigenvalue weighted by atomic mass is 9.85. The van der Waals surface area contributed by atoms with Crippen molar-refractivity contribution in [3.63, 3.8) is 0 Å². The van der Waals surface area contributed by atoms with Crippen molar-refractivity contribution >= 4 is 40.2 Å². The van der Waals surface area contributed by atoms with Crippen LogP contribution in [-0.4, -0.2) is 34.7 Å². The Kier molecular flexibility index (Phi) is 6.96. The molecule has 0 radical (unpaired) electrons. The molecule has 5 atom stereocenters. The number of amides is 2. The maximum atomic E-state index is 13.7. The van der Waals surface area contributed by atoms with E-state index in [2.05, 4.69) is 12.2 Å². The minimum atomic E-state index is -0.911. The van der Waals surface area contributed by atoms with Gasteiger partial charge in [0.15, 0.2) is 6.10 Å². The number of fused-ring (bicyclic) bond motifs is 6. The molecular formula is C37H32N2O5. The molecule has 1 saturated heterocycles. The highest BCUT2D eigenvalue weighted by Gasteiger charge is 2.59. The molecule has 2 heterocycles. The van der Waals surface area contributed by atoms with Gasteiger partial charge >= 0.3 is 5.97 Å². The van der Waals surface area contributed by atoms with E-state index < -0.39 is 12.1 Å². The van der Waals surface area contributed by atoms with Gasteiger partial charge in [-0.3, -0.25) is 19.3 Å². The number of imide groups is 1. The van der Waals surface area contributed by atoms with E-state index in [9.17, 15) is 19.2 Å². The summed E-state index contributed by atoms with van der Waals surface area (Å²) in [6.45, 7) is 3.89. The van der Waals surface area contributed by atoms with Gasteiger partial charge in [-0.25, -0.2) is 9.78 Å². The Morgan fingerprint density at radius 3 is 2.25 bits per heavy atom. The Bertz CT molecular complexity index is 1820. The van der Waals surface area contributed by atoms with Crippen molar-refractivity contribution < 1.29 is 23.9 Å². The van der Waals surface area contributed by atoms with E-state index in [1.54, 1.807) is 42.5 Å². The summed E-state index contributed by atoms with van der Waals surface area (Å²) in [4.78, 5) is 59.7. The number of anilines is 1. The molecule has 1 saturated carbocycles. The Morgan fingerprint density at radius 2 is 1.59 bits per heavy atom. The summed E-state index contributed by atoms with van der Waals surface area (Å²) in [6.07, 6.45) is 5.22. The number of ketones is 1. The van der Waals surface area contributed by atoms with Gasteiger partial charge in [-0.15, -0.1) is 0 Å². The molecule has 44 heavy (non-hydrogen) atoms. The molecule has 1 aromatic heterocycles. The van der Waals surface area contributed by atoms with Crippen LogP contribution < -0.4 is 4.90 Å². The minimum absolute atomic E-state index is 0.125. The second-order valence-corrected chi connectivity index (χ2v) is 12.0. The van der Waals surface area contributed by atoms with Crippen LogP contribution in [0.4, 0.5) is 5.69 Å². The molecule has 2 fully saturated rings. The quantitative estimate of drug-likeness (QED) is 0.0987. The van der Waals surface area contributed by atoms with Crippen LogP contribution in [0.1, 0.15) is 52.5 Å². The predicted octanol–water partition coefficient (Wildman–Crippen LogP) is 6.73. The fourth-order valence-corrected chi connectivity index (χ4v) is 7.08. The lowest BCUT2D eigenvalue weighted by molar-refractivity contribution is -0.123. The summed E-state index contributed by atoms with van der Waals surface area (Å²) in [5, 5.41) is 0.640. The van der Waals surface area contributed by atoms with Gasteiger partial charge in [-0.1, -0.05) is 79.6 Å². The van der Waals surface area contributed by atoms with Gasteiger partial charge in [0.25, 0.3) is 0 Å². The number of esters is 1. The van der Waals surface area contributed by atoms with E-state index >= 15 is 0 Å². The number of allylic oxidation sites excluding steroid dienone is 2. The Labute approximate surface area is 255 Å². The molecular weight excluding hydrogens is 552 g/mol. The Morgan fingerprint density at radius 1 is 0.909 bits per heavy atom. The van der Waals surface area contributed by atoms with E-state index in [0.29, 0.717) is 46.3 Å². The Balaban J connectivity index is 1.20. The maximum Gasteiger partial charge on any atom is 0.339 e. The number of ether oxygens (including phenoxy) is 1. The zero-order chi connectivity index (χ0) is 30.5. The van der Waals surface area contributed by atoms with Gasteiger partial charge in [0, 0.05) is 16.5 Å².